The quantitative estimate of drug-likeness (QED) is 0.463. The van der Waals surface area contributed by atoms with Crippen LogP contribution in [0.1, 0.15) is 5.56 Å². The van der Waals surface area contributed by atoms with Crippen molar-refractivity contribution >= 4 is 54.8 Å². The predicted octanol–water partition coefficient (Wildman–Crippen LogP) is 3.47. The summed E-state index contributed by atoms with van der Waals surface area (Å²) in [6.45, 7) is -0.671. The summed E-state index contributed by atoms with van der Waals surface area (Å²) in [5, 5.41) is 8.34. The predicted molar refractivity (Wildman–Crippen MR) is 127 cm³/mol. The number of hydrogen-bond donors (Lipinski definition) is 2. The van der Waals surface area contributed by atoms with Crippen molar-refractivity contribution in [3.8, 4) is 0 Å². The standard InChI is InChI=1S/C21H19Cl2N3O5S2/c22-16-5-9-19(10-6-16)33(30,31)26(13-15-3-1-2-4-20(15)23)14-21(27)25-17-7-11-18(12-8-17)32(24,28)29/h1-12H,13-14H2,(H,25,27)(H2,24,28,29). The van der Waals surface area contributed by atoms with Crippen LogP contribution in [0.25, 0.3) is 0 Å². The summed E-state index contributed by atoms with van der Waals surface area (Å²) in [6.07, 6.45) is 0. The molecule has 8 nitrogen and oxygen atoms in total. The summed E-state index contributed by atoms with van der Waals surface area (Å²) in [5.41, 5.74) is 0.788. The third-order valence-electron chi connectivity index (χ3n) is 4.54. The van der Waals surface area contributed by atoms with Gasteiger partial charge in [0.2, 0.25) is 26.0 Å². The van der Waals surface area contributed by atoms with E-state index in [1.807, 2.05) is 0 Å². The third-order valence-corrected chi connectivity index (χ3v) is 7.90. The SMILES string of the molecule is NS(=O)(=O)c1ccc(NC(=O)CN(Cc2ccccc2Cl)S(=O)(=O)c2ccc(Cl)cc2)cc1. The Morgan fingerprint density at radius 3 is 2.00 bits per heavy atom. The molecule has 0 saturated carbocycles. The van der Waals surface area contributed by atoms with E-state index in [0.717, 1.165) is 4.31 Å². The second-order valence-corrected chi connectivity index (χ2v) is 11.3. The Morgan fingerprint density at radius 2 is 1.42 bits per heavy atom. The molecule has 1 amide bonds. The Balaban J connectivity index is 1.86. The summed E-state index contributed by atoms with van der Waals surface area (Å²) in [4.78, 5) is 12.5. The minimum Gasteiger partial charge on any atom is -0.325 e. The van der Waals surface area contributed by atoms with E-state index < -0.39 is 32.5 Å². The van der Waals surface area contributed by atoms with Crippen LogP contribution in [0.2, 0.25) is 10.0 Å². The molecule has 0 unspecified atom stereocenters. The first-order chi connectivity index (χ1) is 15.5. The Bertz CT molecular complexity index is 1360. The second kappa shape index (κ2) is 10.2. The highest BCUT2D eigenvalue weighted by molar-refractivity contribution is 7.89. The minimum atomic E-state index is -4.09. The summed E-state index contributed by atoms with van der Waals surface area (Å²) in [7, 11) is -7.97. The highest BCUT2D eigenvalue weighted by Crippen LogP contribution is 2.24. The van der Waals surface area contributed by atoms with E-state index in [0.29, 0.717) is 15.6 Å². The molecule has 0 heterocycles. The van der Waals surface area contributed by atoms with E-state index in [-0.39, 0.29) is 22.0 Å². The van der Waals surface area contributed by atoms with Crippen molar-refractivity contribution in [2.75, 3.05) is 11.9 Å². The largest absolute Gasteiger partial charge is 0.325 e. The smallest absolute Gasteiger partial charge is 0.243 e. The van der Waals surface area contributed by atoms with Crippen molar-refractivity contribution < 1.29 is 21.6 Å². The number of amides is 1. The Morgan fingerprint density at radius 1 is 0.848 bits per heavy atom. The van der Waals surface area contributed by atoms with Gasteiger partial charge in [-0.1, -0.05) is 41.4 Å². The van der Waals surface area contributed by atoms with Gasteiger partial charge in [0.05, 0.1) is 16.3 Å². The van der Waals surface area contributed by atoms with Crippen LogP contribution in [0.3, 0.4) is 0 Å². The fourth-order valence-electron chi connectivity index (χ4n) is 2.89. The molecule has 3 rings (SSSR count). The Hall–Kier alpha value is -2.47. The number of sulfonamides is 2. The molecule has 3 aromatic rings. The van der Waals surface area contributed by atoms with Crippen LogP contribution in [-0.4, -0.2) is 33.6 Å². The zero-order valence-electron chi connectivity index (χ0n) is 17.0. The number of carbonyl (C=O) groups is 1. The molecule has 0 aliphatic rings. The summed E-state index contributed by atoms with van der Waals surface area (Å²) >= 11 is 12.1. The maximum Gasteiger partial charge on any atom is 0.243 e. The van der Waals surface area contributed by atoms with Crippen molar-refractivity contribution in [2.45, 2.75) is 16.3 Å². The molecule has 12 heteroatoms. The summed E-state index contributed by atoms with van der Waals surface area (Å²) in [5.74, 6) is -0.636. The Labute approximate surface area is 202 Å². The molecule has 3 N–H and O–H groups in total. The van der Waals surface area contributed by atoms with Crippen LogP contribution >= 0.6 is 23.2 Å². The number of carbonyl (C=O) groups excluding carboxylic acids is 1. The van der Waals surface area contributed by atoms with Crippen molar-refractivity contribution in [3.63, 3.8) is 0 Å². The minimum absolute atomic E-state index is 0.0377. The van der Waals surface area contributed by atoms with Crippen molar-refractivity contribution in [2.24, 2.45) is 5.14 Å². The molecular weight excluding hydrogens is 509 g/mol. The highest BCUT2D eigenvalue weighted by atomic mass is 35.5. The second-order valence-electron chi connectivity index (χ2n) is 6.94. The highest BCUT2D eigenvalue weighted by Gasteiger charge is 2.27. The van der Waals surface area contributed by atoms with Gasteiger partial charge in [-0.15, -0.1) is 0 Å². The van der Waals surface area contributed by atoms with E-state index in [9.17, 15) is 21.6 Å². The third kappa shape index (κ3) is 6.53. The fraction of sp³-hybridized carbons (Fsp3) is 0.0952. The summed E-state index contributed by atoms with van der Waals surface area (Å²) in [6, 6.07) is 17.4. The van der Waals surface area contributed by atoms with Gasteiger partial charge in [-0.3, -0.25) is 4.79 Å². The number of nitrogens with one attached hydrogen (secondary N) is 1. The zero-order valence-corrected chi connectivity index (χ0v) is 20.1. The van der Waals surface area contributed by atoms with Gasteiger partial charge in [-0.25, -0.2) is 22.0 Å². The first kappa shape index (κ1) is 25.2. The van der Waals surface area contributed by atoms with Crippen LogP contribution in [0, 0.1) is 0 Å². The van der Waals surface area contributed by atoms with Gasteiger partial charge >= 0.3 is 0 Å². The van der Waals surface area contributed by atoms with Gasteiger partial charge in [-0.05, 0) is 60.2 Å². The van der Waals surface area contributed by atoms with E-state index in [4.69, 9.17) is 28.3 Å². The maximum atomic E-state index is 13.3. The molecule has 0 radical (unpaired) electrons. The molecule has 33 heavy (non-hydrogen) atoms. The lowest BCUT2D eigenvalue weighted by atomic mass is 10.2. The van der Waals surface area contributed by atoms with Crippen molar-refractivity contribution in [3.05, 3.63) is 88.4 Å². The number of anilines is 1. The molecule has 0 saturated heterocycles. The molecule has 0 aliphatic carbocycles. The van der Waals surface area contributed by atoms with E-state index >= 15 is 0 Å². The first-order valence-corrected chi connectivity index (χ1v) is 13.1. The summed E-state index contributed by atoms with van der Waals surface area (Å²) < 4.78 is 50.3. The van der Waals surface area contributed by atoms with Crippen molar-refractivity contribution in [1.82, 2.24) is 4.31 Å². The van der Waals surface area contributed by atoms with E-state index in [2.05, 4.69) is 5.32 Å². The number of nitrogens with two attached hydrogens (primary N) is 1. The topological polar surface area (TPSA) is 127 Å². The molecule has 3 aromatic carbocycles. The van der Waals surface area contributed by atoms with Crippen LogP contribution in [0.15, 0.2) is 82.6 Å². The molecule has 174 valence electrons. The number of halogens is 2. The molecule has 0 fully saturated rings. The van der Waals surface area contributed by atoms with E-state index in [1.165, 1.54) is 48.5 Å². The fourth-order valence-corrected chi connectivity index (χ4v) is 5.10. The van der Waals surface area contributed by atoms with Crippen LogP contribution in [0.5, 0.6) is 0 Å². The lowest BCUT2D eigenvalue weighted by Crippen LogP contribution is -2.37. The van der Waals surface area contributed by atoms with Gasteiger partial charge < -0.3 is 5.32 Å². The van der Waals surface area contributed by atoms with Gasteiger partial charge in [0.1, 0.15) is 0 Å². The molecule has 0 atom stereocenters. The molecule has 0 aromatic heterocycles. The monoisotopic (exact) mass is 527 g/mol. The lowest BCUT2D eigenvalue weighted by Gasteiger charge is -2.22. The first-order valence-electron chi connectivity index (χ1n) is 9.38. The van der Waals surface area contributed by atoms with Crippen LogP contribution < -0.4 is 10.5 Å². The molecular formula is C21H19Cl2N3O5S2. The van der Waals surface area contributed by atoms with Gasteiger partial charge in [-0.2, -0.15) is 4.31 Å². The average molecular weight is 528 g/mol. The van der Waals surface area contributed by atoms with Crippen molar-refractivity contribution in [1.29, 1.82) is 0 Å². The molecule has 0 bridgehead atoms. The number of hydrogen-bond acceptors (Lipinski definition) is 5. The van der Waals surface area contributed by atoms with Crippen LogP contribution in [-0.2, 0) is 31.4 Å². The Kier molecular flexibility index (Phi) is 7.78. The van der Waals surface area contributed by atoms with Gasteiger partial charge in [0.25, 0.3) is 0 Å². The van der Waals surface area contributed by atoms with Crippen LogP contribution in [0.4, 0.5) is 5.69 Å². The van der Waals surface area contributed by atoms with Gasteiger partial charge in [0.15, 0.2) is 0 Å². The maximum absolute atomic E-state index is 13.3. The number of benzene rings is 3. The normalized spacial score (nSPS) is 12.0. The number of primary sulfonamides is 1. The number of rotatable bonds is 8. The average Bonchev–Trinajstić information content (AvgIpc) is 2.75. The van der Waals surface area contributed by atoms with E-state index in [1.54, 1.807) is 24.3 Å². The lowest BCUT2D eigenvalue weighted by molar-refractivity contribution is -0.116. The zero-order chi connectivity index (χ0) is 24.2. The van der Waals surface area contributed by atoms with Gasteiger partial charge in [0, 0.05) is 22.3 Å². The molecule has 0 spiro atoms. The molecule has 0 aliphatic heterocycles. The number of nitrogens with zero attached hydrogens (tertiary/aromatic N) is 1.